The molecule has 0 aromatic heterocycles. The average molecular weight is 283 g/mol. The van der Waals surface area contributed by atoms with Gasteiger partial charge in [0.05, 0.1) is 12.7 Å². The lowest BCUT2D eigenvalue weighted by Crippen LogP contribution is -2.22. The number of methoxy groups -OCH3 is 1. The molecule has 5 heteroatoms. The van der Waals surface area contributed by atoms with Gasteiger partial charge in [-0.3, -0.25) is 0 Å². The second kappa shape index (κ2) is 6.78. The zero-order valence-electron chi connectivity index (χ0n) is 11.0. The minimum Gasteiger partial charge on any atom is -0.465 e. The van der Waals surface area contributed by atoms with Crippen molar-refractivity contribution in [1.82, 2.24) is 5.32 Å². The van der Waals surface area contributed by atoms with Gasteiger partial charge in [-0.1, -0.05) is 11.6 Å². The molecule has 0 aliphatic carbocycles. The smallest absolute Gasteiger partial charge is 0.340 e. The first-order chi connectivity index (χ1) is 9.20. The number of halogens is 1. The van der Waals surface area contributed by atoms with Gasteiger partial charge in [0.1, 0.15) is 0 Å². The van der Waals surface area contributed by atoms with E-state index in [0.29, 0.717) is 16.6 Å². The Bertz CT molecular complexity index is 443. The number of carbonyl (C=O) groups is 1. The van der Waals surface area contributed by atoms with E-state index in [9.17, 15) is 4.79 Å². The van der Waals surface area contributed by atoms with Crippen molar-refractivity contribution in [3.63, 3.8) is 0 Å². The minimum atomic E-state index is -0.364. The molecule has 2 rings (SSSR count). The molecule has 4 nitrogen and oxygen atoms in total. The summed E-state index contributed by atoms with van der Waals surface area (Å²) in [6.45, 7) is 2.06. The summed E-state index contributed by atoms with van der Waals surface area (Å²) in [6.07, 6.45) is 3.28. The predicted molar refractivity (Wildman–Crippen MR) is 76.9 cm³/mol. The second-order valence-corrected chi connectivity index (χ2v) is 5.14. The molecule has 0 bridgehead atoms. The van der Waals surface area contributed by atoms with Gasteiger partial charge in [0.2, 0.25) is 0 Å². The van der Waals surface area contributed by atoms with Crippen molar-refractivity contribution >= 4 is 23.3 Å². The van der Waals surface area contributed by atoms with Gasteiger partial charge in [-0.05, 0) is 50.6 Å². The quantitative estimate of drug-likeness (QED) is 0.837. The molecule has 0 spiro atoms. The molecule has 2 N–H and O–H groups in total. The molecule has 19 heavy (non-hydrogen) atoms. The summed E-state index contributed by atoms with van der Waals surface area (Å²) < 4.78 is 4.80. The van der Waals surface area contributed by atoms with Crippen molar-refractivity contribution in [3.05, 3.63) is 28.8 Å². The van der Waals surface area contributed by atoms with Crippen LogP contribution in [0.15, 0.2) is 18.2 Å². The lowest BCUT2D eigenvalue weighted by atomic mass is 10.1. The summed E-state index contributed by atoms with van der Waals surface area (Å²) in [5.74, 6) is -0.364. The highest BCUT2D eigenvalue weighted by Crippen LogP contribution is 2.23. The Balaban J connectivity index is 2.16. The Labute approximate surface area is 118 Å². The lowest BCUT2D eigenvalue weighted by Gasteiger charge is -2.19. The Morgan fingerprint density at radius 1 is 1.42 bits per heavy atom. The predicted octanol–water partition coefficient (Wildman–Crippen LogP) is 2.68. The molecule has 0 radical (unpaired) electrons. The highest BCUT2D eigenvalue weighted by Gasteiger charge is 2.17. The van der Waals surface area contributed by atoms with E-state index in [1.54, 1.807) is 12.1 Å². The van der Waals surface area contributed by atoms with Gasteiger partial charge >= 0.3 is 5.97 Å². The van der Waals surface area contributed by atoms with Crippen LogP contribution in [0.3, 0.4) is 0 Å². The summed E-state index contributed by atoms with van der Waals surface area (Å²) >= 11 is 5.94. The van der Waals surface area contributed by atoms with E-state index in [1.165, 1.54) is 7.11 Å². The van der Waals surface area contributed by atoms with Crippen molar-refractivity contribution in [3.8, 4) is 0 Å². The molecule has 1 atom stereocenters. The summed E-state index contributed by atoms with van der Waals surface area (Å²) in [7, 11) is 1.38. The Kier molecular flexibility index (Phi) is 5.05. The molecule has 0 amide bonds. The van der Waals surface area contributed by atoms with E-state index in [1.807, 2.05) is 6.07 Å². The minimum absolute atomic E-state index is 0.364. The van der Waals surface area contributed by atoms with Crippen LogP contribution in [0.5, 0.6) is 0 Å². The molecule has 1 unspecified atom stereocenters. The first kappa shape index (κ1) is 14.2. The molecular formula is C14H19ClN2O2. The maximum Gasteiger partial charge on any atom is 0.340 e. The number of hydrogen-bond acceptors (Lipinski definition) is 4. The van der Waals surface area contributed by atoms with E-state index in [0.717, 1.165) is 38.0 Å². The average Bonchev–Trinajstić information content (AvgIpc) is 2.68. The van der Waals surface area contributed by atoms with Crippen LogP contribution in [0.4, 0.5) is 5.69 Å². The van der Waals surface area contributed by atoms with Crippen LogP contribution >= 0.6 is 11.6 Å². The van der Waals surface area contributed by atoms with Gasteiger partial charge in [0.15, 0.2) is 0 Å². The van der Waals surface area contributed by atoms with Crippen LogP contribution < -0.4 is 10.6 Å². The first-order valence-corrected chi connectivity index (χ1v) is 6.93. The third kappa shape index (κ3) is 3.85. The normalized spacial score (nSPS) is 19.6. The topological polar surface area (TPSA) is 50.4 Å². The Hall–Kier alpha value is -1.26. The third-order valence-electron chi connectivity index (χ3n) is 3.32. The summed E-state index contributed by atoms with van der Waals surface area (Å²) in [5, 5.41) is 7.34. The number of ether oxygens (including phenoxy) is 1. The molecule has 1 fully saturated rings. The maximum atomic E-state index is 11.8. The van der Waals surface area contributed by atoms with E-state index < -0.39 is 0 Å². The van der Waals surface area contributed by atoms with Gasteiger partial charge < -0.3 is 15.4 Å². The standard InChI is InChI=1S/C14H19ClN2O2/c1-19-14(18)12-9-10(15)4-5-13(12)17-11-3-2-7-16-8-6-11/h4-5,9,11,16-17H,2-3,6-8H2,1H3. The SMILES string of the molecule is COC(=O)c1cc(Cl)ccc1NC1CCCNCC1. The number of esters is 1. The molecule has 104 valence electrons. The fourth-order valence-electron chi connectivity index (χ4n) is 2.30. The molecule has 1 saturated heterocycles. The van der Waals surface area contributed by atoms with Crippen molar-refractivity contribution in [1.29, 1.82) is 0 Å². The fourth-order valence-corrected chi connectivity index (χ4v) is 2.48. The van der Waals surface area contributed by atoms with Crippen molar-refractivity contribution in [2.24, 2.45) is 0 Å². The maximum absolute atomic E-state index is 11.8. The van der Waals surface area contributed by atoms with Crippen LogP contribution in [0.1, 0.15) is 29.6 Å². The van der Waals surface area contributed by atoms with E-state index >= 15 is 0 Å². The van der Waals surface area contributed by atoms with Crippen LogP contribution in [0.25, 0.3) is 0 Å². The summed E-state index contributed by atoms with van der Waals surface area (Å²) in [4.78, 5) is 11.8. The van der Waals surface area contributed by atoms with Crippen LogP contribution in [-0.4, -0.2) is 32.2 Å². The zero-order valence-corrected chi connectivity index (χ0v) is 11.8. The highest BCUT2D eigenvalue weighted by atomic mass is 35.5. The van der Waals surface area contributed by atoms with Crippen molar-refractivity contribution in [2.75, 3.05) is 25.5 Å². The van der Waals surface area contributed by atoms with Crippen LogP contribution in [0.2, 0.25) is 5.02 Å². The third-order valence-corrected chi connectivity index (χ3v) is 3.56. The van der Waals surface area contributed by atoms with E-state index in [-0.39, 0.29) is 5.97 Å². The number of anilines is 1. The summed E-state index contributed by atoms with van der Waals surface area (Å²) in [5.41, 5.74) is 1.29. The van der Waals surface area contributed by atoms with Gasteiger partial charge in [0, 0.05) is 16.8 Å². The van der Waals surface area contributed by atoms with Gasteiger partial charge in [-0.15, -0.1) is 0 Å². The number of benzene rings is 1. The van der Waals surface area contributed by atoms with E-state index in [2.05, 4.69) is 10.6 Å². The molecule has 1 heterocycles. The molecule has 1 aromatic carbocycles. The monoisotopic (exact) mass is 282 g/mol. The molecule has 1 aliphatic heterocycles. The first-order valence-electron chi connectivity index (χ1n) is 6.56. The van der Waals surface area contributed by atoms with Gasteiger partial charge in [-0.25, -0.2) is 4.79 Å². The Morgan fingerprint density at radius 3 is 3.05 bits per heavy atom. The van der Waals surface area contributed by atoms with Crippen LogP contribution in [0, 0.1) is 0 Å². The number of carbonyl (C=O) groups excluding carboxylic acids is 1. The fraction of sp³-hybridized carbons (Fsp3) is 0.500. The molecule has 1 aliphatic rings. The summed E-state index contributed by atoms with van der Waals surface area (Å²) in [6, 6.07) is 5.64. The Morgan fingerprint density at radius 2 is 2.26 bits per heavy atom. The highest BCUT2D eigenvalue weighted by molar-refractivity contribution is 6.31. The van der Waals surface area contributed by atoms with Gasteiger partial charge in [0.25, 0.3) is 0 Å². The van der Waals surface area contributed by atoms with Crippen molar-refractivity contribution < 1.29 is 9.53 Å². The zero-order chi connectivity index (χ0) is 13.7. The molecule has 0 saturated carbocycles. The number of hydrogen-bond donors (Lipinski definition) is 2. The molecule has 1 aromatic rings. The van der Waals surface area contributed by atoms with Crippen LogP contribution in [-0.2, 0) is 4.74 Å². The number of nitrogens with one attached hydrogen (secondary N) is 2. The van der Waals surface area contributed by atoms with E-state index in [4.69, 9.17) is 16.3 Å². The number of rotatable bonds is 3. The second-order valence-electron chi connectivity index (χ2n) is 4.70. The lowest BCUT2D eigenvalue weighted by molar-refractivity contribution is 0.0602. The largest absolute Gasteiger partial charge is 0.465 e. The van der Waals surface area contributed by atoms with Gasteiger partial charge in [-0.2, -0.15) is 0 Å². The van der Waals surface area contributed by atoms with Crippen molar-refractivity contribution in [2.45, 2.75) is 25.3 Å². The molecular weight excluding hydrogens is 264 g/mol.